The van der Waals surface area contributed by atoms with Gasteiger partial charge in [0.2, 0.25) is 0 Å². The minimum Gasteiger partial charge on any atom is -0.367 e. The zero-order chi connectivity index (χ0) is 15.4. The van der Waals surface area contributed by atoms with Crippen LogP contribution in [0.5, 0.6) is 0 Å². The summed E-state index contributed by atoms with van der Waals surface area (Å²) in [6.07, 6.45) is 4.87. The van der Waals surface area contributed by atoms with Crippen molar-refractivity contribution in [3.8, 4) is 0 Å². The number of likely N-dealkylation sites (N-methyl/N-ethyl adjacent to an activating group) is 1. The van der Waals surface area contributed by atoms with E-state index in [2.05, 4.69) is 61.1 Å². The molecular formula is C16H27N5. The standard InChI is InChI=1S/C16H27N5/c1-6-13(4)20(5)9-7-17-16-15-11-14(12(2)3)19-21(15)10-8-18-16/h8,10-13H,6-7,9H2,1-5H3,(H,17,18). The molecule has 5 heteroatoms. The van der Waals surface area contributed by atoms with E-state index in [1.807, 2.05) is 10.7 Å². The zero-order valence-corrected chi connectivity index (χ0v) is 13.8. The van der Waals surface area contributed by atoms with Crippen LogP contribution in [0, 0.1) is 0 Å². The van der Waals surface area contributed by atoms with Gasteiger partial charge >= 0.3 is 0 Å². The van der Waals surface area contributed by atoms with Gasteiger partial charge in [-0.3, -0.25) is 0 Å². The molecule has 2 aromatic rings. The fourth-order valence-corrected chi connectivity index (χ4v) is 2.24. The smallest absolute Gasteiger partial charge is 0.152 e. The largest absolute Gasteiger partial charge is 0.367 e. The van der Waals surface area contributed by atoms with Crippen LogP contribution < -0.4 is 5.32 Å². The van der Waals surface area contributed by atoms with Crippen LogP contribution in [0.3, 0.4) is 0 Å². The second kappa shape index (κ2) is 6.89. The van der Waals surface area contributed by atoms with Crippen LogP contribution in [0.25, 0.3) is 5.52 Å². The number of anilines is 1. The molecule has 21 heavy (non-hydrogen) atoms. The Hall–Kier alpha value is -1.62. The number of hydrogen-bond acceptors (Lipinski definition) is 4. The molecule has 5 nitrogen and oxygen atoms in total. The lowest BCUT2D eigenvalue weighted by Crippen LogP contribution is -2.32. The lowest BCUT2D eigenvalue weighted by atomic mass is 10.1. The first kappa shape index (κ1) is 15.8. The van der Waals surface area contributed by atoms with Gasteiger partial charge in [-0.05, 0) is 32.4 Å². The van der Waals surface area contributed by atoms with E-state index < -0.39 is 0 Å². The van der Waals surface area contributed by atoms with Crippen molar-refractivity contribution in [3.63, 3.8) is 0 Å². The van der Waals surface area contributed by atoms with Crippen molar-refractivity contribution in [1.82, 2.24) is 19.5 Å². The Bertz CT molecular complexity index is 575. The highest BCUT2D eigenvalue weighted by atomic mass is 15.2. The first-order valence-electron chi connectivity index (χ1n) is 7.81. The number of aromatic nitrogens is 3. The van der Waals surface area contributed by atoms with Crippen molar-refractivity contribution in [2.45, 2.75) is 46.1 Å². The molecule has 1 atom stereocenters. The van der Waals surface area contributed by atoms with Gasteiger partial charge in [0.15, 0.2) is 5.82 Å². The maximum Gasteiger partial charge on any atom is 0.152 e. The number of nitrogens with one attached hydrogen (secondary N) is 1. The molecular weight excluding hydrogens is 262 g/mol. The molecule has 0 aromatic carbocycles. The van der Waals surface area contributed by atoms with Crippen molar-refractivity contribution < 1.29 is 0 Å². The lowest BCUT2D eigenvalue weighted by molar-refractivity contribution is 0.261. The van der Waals surface area contributed by atoms with E-state index >= 15 is 0 Å². The number of fused-ring (bicyclic) bond motifs is 1. The molecule has 2 heterocycles. The van der Waals surface area contributed by atoms with E-state index in [4.69, 9.17) is 0 Å². The Morgan fingerprint density at radius 3 is 2.76 bits per heavy atom. The highest BCUT2D eigenvalue weighted by molar-refractivity contribution is 5.67. The van der Waals surface area contributed by atoms with Gasteiger partial charge in [-0.1, -0.05) is 20.8 Å². The van der Waals surface area contributed by atoms with Gasteiger partial charge in [0, 0.05) is 31.5 Å². The highest BCUT2D eigenvalue weighted by Crippen LogP contribution is 2.19. The van der Waals surface area contributed by atoms with Crippen LogP contribution in [0.4, 0.5) is 5.82 Å². The van der Waals surface area contributed by atoms with Crippen LogP contribution in [-0.4, -0.2) is 45.7 Å². The Balaban J connectivity index is 2.05. The molecule has 1 N–H and O–H groups in total. The summed E-state index contributed by atoms with van der Waals surface area (Å²) in [6, 6.07) is 2.73. The first-order valence-corrected chi connectivity index (χ1v) is 7.81. The third-order valence-corrected chi connectivity index (χ3v) is 4.10. The molecule has 0 aliphatic carbocycles. The summed E-state index contributed by atoms with van der Waals surface area (Å²) < 4.78 is 1.91. The summed E-state index contributed by atoms with van der Waals surface area (Å²) in [5, 5.41) is 8.02. The molecule has 0 spiro atoms. The van der Waals surface area contributed by atoms with Crippen LogP contribution in [-0.2, 0) is 0 Å². The SMILES string of the molecule is CCC(C)N(C)CCNc1nccn2nc(C(C)C)cc12. The van der Waals surface area contributed by atoms with E-state index in [1.165, 1.54) is 6.42 Å². The summed E-state index contributed by atoms with van der Waals surface area (Å²) in [7, 11) is 2.17. The molecule has 2 aromatic heterocycles. The van der Waals surface area contributed by atoms with Crippen molar-refractivity contribution in [2.75, 3.05) is 25.5 Å². The summed E-state index contributed by atoms with van der Waals surface area (Å²) in [6.45, 7) is 10.7. The van der Waals surface area contributed by atoms with Crippen molar-refractivity contribution >= 4 is 11.3 Å². The summed E-state index contributed by atoms with van der Waals surface area (Å²) in [5.41, 5.74) is 2.15. The van der Waals surface area contributed by atoms with Crippen molar-refractivity contribution in [3.05, 3.63) is 24.2 Å². The minimum atomic E-state index is 0.425. The molecule has 0 fully saturated rings. The maximum atomic E-state index is 4.58. The van der Waals surface area contributed by atoms with E-state index in [-0.39, 0.29) is 0 Å². The number of nitrogens with zero attached hydrogens (tertiary/aromatic N) is 4. The lowest BCUT2D eigenvalue weighted by Gasteiger charge is -2.23. The van der Waals surface area contributed by atoms with E-state index in [0.29, 0.717) is 12.0 Å². The zero-order valence-electron chi connectivity index (χ0n) is 13.8. The quantitative estimate of drug-likeness (QED) is 0.851. The second-order valence-electron chi connectivity index (χ2n) is 5.99. The first-order chi connectivity index (χ1) is 10.0. The van der Waals surface area contributed by atoms with Crippen molar-refractivity contribution in [1.29, 1.82) is 0 Å². The molecule has 1 unspecified atom stereocenters. The maximum absolute atomic E-state index is 4.58. The van der Waals surface area contributed by atoms with Crippen molar-refractivity contribution in [2.24, 2.45) is 0 Å². The minimum absolute atomic E-state index is 0.425. The average molecular weight is 289 g/mol. The Kier molecular flexibility index (Phi) is 5.17. The van der Waals surface area contributed by atoms with Gasteiger partial charge in [0.1, 0.15) is 5.52 Å². The molecule has 2 rings (SSSR count). The van der Waals surface area contributed by atoms with Gasteiger partial charge in [-0.25, -0.2) is 9.50 Å². The van der Waals surface area contributed by atoms with Gasteiger partial charge in [0.05, 0.1) is 5.69 Å². The third-order valence-electron chi connectivity index (χ3n) is 4.10. The topological polar surface area (TPSA) is 45.5 Å². The Morgan fingerprint density at radius 2 is 2.10 bits per heavy atom. The third kappa shape index (κ3) is 3.73. The highest BCUT2D eigenvalue weighted by Gasteiger charge is 2.10. The Labute approximate surface area is 127 Å². The van der Waals surface area contributed by atoms with Gasteiger partial charge in [-0.2, -0.15) is 5.10 Å². The number of rotatable bonds is 7. The van der Waals surface area contributed by atoms with Gasteiger partial charge in [-0.15, -0.1) is 0 Å². The van der Waals surface area contributed by atoms with Gasteiger partial charge < -0.3 is 10.2 Å². The monoisotopic (exact) mass is 289 g/mol. The van der Waals surface area contributed by atoms with Crippen LogP contribution >= 0.6 is 0 Å². The fourth-order valence-electron chi connectivity index (χ4n) is 2.24. The molecule has 116 valence electrons. The summed E-state index contributed by atoms with van der Waals surface area (Å²) >= 11 is 0. The summed E-state index contributed by atoms with van der Waals surface area (Å²) in [5.74, 6) is 1.34. The molecule has 0 radical (unpaired) electrons. The average Bonchev–Trinajstić information content (AvgIpc) is 2.91. The second-order valence-corrected chi connectivity index (χ2v) is 5.99. The van der Waals surface area contributed by atoms with E-state index in [9.17, 15) is 0 Å². The van der Waals surface area contributed by atoms with Crippen LogP contribution in [0.1, 0.15) is 45.7 Å². The van der Waals surface area contributed by atoms with E-state index in [0.717, 1.165) is 30.1 Å². The molecule has 0 aliphatic rings. The van der Waals surface area contributed by atoms with Crippen LogP contribution in [0.2, 0.25) is 0 Å². The molecule has 0 amide bonds. The van der Waals surface area contributed by atoms with Gasteiger partial charge in [0.25, 0.3) is 0 Å². The molecule has 0 saturated carbocycles. The normalized spacial score (nSPS) is 13.3. The molecule has 0 bridgehead atoms. The number of hydrogen-bond donors (Lipinski definition) is 1. The molecule has 0 saturated heterocycles. The van der Waals surface area contributed by atoms with E-state index in [1.54, 1.807) is 6.20 Å². The Morgan fingerprint density at radius 1 is 1.33 bits per heavy atom. The summed E-state index contributed by atoms with van der Waals surface area (Å²) in [4.78, 5) is 6.82. The van der Waals surface area contributed by atoms with Crippen LogP contribution in [0.15, 0.2) is 18.5 Å². The fraction of sp³-hybridized carbons (Fsp3) is 0.625. The predicted octanol–water partition coefficient (Wildman–Crippen LogP) is 2.99. The predicted molar refractivity (Wildman–Crippen MR) is 87.9 cm³/mol. The molecule has 0 aliphatic heterocycles.